The smallest absolute Gasteiger partial charge is 0.164 e. The van der Waals surface area contributed by atoms with Crippen LogP contribution in [0.1, 0.15) is 28.7 Å². The summed E-state index contributed by atoms with van der Waals surface area (Å²) in [4.78, 5) is 0. The van der Waals surface area contributed by atoms with Crippen molar-refractivity contribution in [1.82, 2.24) is 0 Å². The normalized spacial score (nSPS) is 20.7. The van der Waals surface area contributed by atoms with Crippen LogP contribution in [0.15, 0.2) is 30.3 Å². The molecule has 0 saturated carbocycles. The van der Waals surface area contributed by atoms with Crippen LogP contribution in [0.5, 0.6) is 23.0 Å². The lowest BCUT2D eigenvalue weighted by Gasteiger charge is -2.32. The number of hydrogen-bond donors (Lipinski definition) is 4. The number of ether oxygens (including phenoxy) is 1. The maximum atomic E-state index is 10.5. The first-order valence-corrected chi connectivity index (χ1v) is 6.64. The van der Waals surface area contributed by atoms with Crippen molar-refractivity contribution in [3.63, 3.8) is 0 Å². The van der Waals surface area contributed by atoms with E-state index in [9.17, 15) is 20.4 Å². The van der Waals surface area contributed by atoms with E-state index in [1.165, 1.54) is 6.07 Å². The molecular weight excluding hydrogens is 272 g/mol. The Hall–Kier alpha value is -2.40. The Balaban J connectivity index is 2.03. The van der Waals surface area contributed by atoms with Crippen molar-refractivity contribution < 1.29 is 25.2 Å². The molecule has 0 aromatic heterocycles. The quantitative estimate of drug-likeness (QED) is 0.605. The molecule has 0 saturated heterocycles. The van der Waals surface area contributed by atoms with Gasteiger partial charge in [-0.3, -0.25) is 0 Å². The maximum absolute atomic E-state index is 10.5. The fourth-order valence-electron chi connectivity index (χ4n) is 2.69. The molecule has 3 rings (SSSR count). The van der Waals surface area contributed by atoms with E-state index < -0.39 is 6.10 Å². The Morgan fingerprint density at radius 1 is 1.10 bits per heavy atom. The molecule has 2 aromatic carbocycles. The lowest BCUT2D eigenvalue weighted by Crippen LogP contribution is -2.24. The van der Waals surface area contributed by atoms with E-state index in [1.54, 1.807) is 31.2 Å². The molecule has 1 aliphatic rings. The van der Waals surface area contributed by atoms with Crippen LogP contribution in [-0.2, 0) is 0 Å². The Labute approximate surface area is 121 Å². The van der Waals surface area contributed by atoms with Gasteiger partial charge in [-0.25, -0.2) is 0 Å². The maximum Gasteiger partial charge on any atom is 0.164 e. The summed E-state index contributed by atoms with van der Waals surface area (Å²) < 4.78 is 5.66. The molecule has 2 unspecified atom stereocenters. The molecule has 0 amide bonds. The number of rotatable bonds is 1. The summed E-state index contributed by atoms with van der Waals surface area (Å²) in [5, 5.41) is 39.3. The Bertz CT molecular complexity index is 678. The molecule has 2 aromatic rings. The highest BCUT2D eigenvalue weighted by Gasteiger charge is 2.33. The van der Waals surface area contributed by atoms with Gasteiger partial charge in [0.05, 0.1) is 12.7 Å². The second kappa shape index (κ2) is 4.86. The van der Waals surface area contributed by atoms with Gasteiger partial charge < -0.3 is 25.2 Å². The summed E-state index contributed by atoms with van der Waals surface area (Å²) in [6, 6.07) is 7.89. The standard InChI is InChI=1S/C16H16O5/c1-8-14(19)13(18)6-11-15(20)12(7-21-16(8)11)9-2-4-10(17)5-3-9/h2-6,12,15,17-20H,7H2,1H3. The lowest BCUT2D eigenvalue weighted by atomic mass is 9.86. The molecule has 110 valence electrons. The van der Waals surface area contributed by atoms with E-state index in [0.717, 1.165) is 5.56 Å². The van der Waals surface area contributed by atoms with Crippen LogP contribution in [0.25, 0.3) is 0 Å². The Morgan fingerprint density at radius 2 is 1.76 bits per heavy atom. The first kappa shape index (κ1) is 13.6. The third kappa shape index (κ3) is 2.15. The monoisotopic (exact) mass is 288 g/mol. The van der Waals surface area contributed by atoms with Crippen molar-refractivity contribution >= 4 is 0 Å². The number of phenolic OH excluding ortho intramolecular Hbond substituents is 3. The van der Waals surface area contributed by atoms with Gasteiger partial charge in [-0.2, -0.15) is 0 Å². The van der Waals surface area contributed by atoms with Gasteiger partial charge in [0.2, 0.25) is 0 Å². The van der Waals surface area contributed by atoms with Crippen molar-refractivity contribution in [2.75, 3.05) is 6.61 Å². The molecule has 0 spiro atoms. The molecule has 5 heteroatoms. The number of aliphatic hydroxyl groups excluding tert-OH is 1. The van der Waals surface area contributed by atoms with Crippen molar-refractivity contribution in [2.24, 2.45) is 0 Å². The summed E-state index contributed by atoms with van der Waals surface area (Å²) >= 11 is 0. The zero-order valence-electron chi connectivity index (χ0n) is 11.4. The van der Waals surface area contributed by atoms with E-state index in [-0.39, 0.29) is 29.8 Å². The number of fused-ring (bicyclic) bond motifs is 1. The molecule has 1 heterocycles. The molecule has 0 fully saturated rings. The van der Waals surface area contributed by atoms with Crippen LogP contribution in [-0.4, -0.2) is 27.0 Å². The predicted octanol–water partition coefficient (Wildman–Crippen LogP) is 2.32. The summed E-state index contributed by atoms with van der Waals surface area (Å²) in [5.41, 5.74) is 1.69. The van der Waals surface area contributed by atoms with Crippen LogP contribution >= 0.6 is 0 Å². The number of aliphatic hydroxyl groups is 1. The van der Waals surface area contributed by atoms with Crippen molar-refractivity contribution in [3.05, 3.63) is 47.0 Å². The van der Waals surface area contributed by atoms with Crippen LogP contribution in [0.4, 0.5) is 0 Å². The first-order valence-electron chi connectivity index (χ1n) is 6.64. The van der Waals surface area contributed by atoms with Crippen LogP contribution in [0.3, 0.4) is 0 Å². The zero-order chi connectivity index (χ0) is 15.1. The van der Waals surface area contributed by atoms with E-state index in [4.69, 9.17) is 4.74 Å². The van der Waals surface area contributed by atoms with E-state index in [0.29, 0.717) is 16.9 Å². The molecule has 0 bridgehead atoms. The van der Waals surface area contributed by atoms with Crippen LogP contribution in [0.2, 0.25) is 0 Å². The fourth-order valence-corrected chi connectivity index (χ4v) is 2.69. The Kier molecular flexibility index (Phi) is 3.14. The SMILES string of the molecule is Cc1c(O)c(O)cc2c1OCC(c1ccc(O)cc1)C2O. The summed E-state index contributed by atoms with van der Waals surface area (Å²) in [6.45, 7) is 1.88. The van der Waals surface area contributed by atoms with Gasteiger partial charge in [0.1, 0.15) is 11.5 Å². The van der Waals surface area contributed by atoms with Crippen molar-refractivity contribution in [1.29, 1.82) is 0 Å². The predicted molar refractivity (Wildman–Crippen MR) is 75.8 cm³/mol. The minimum absolute atomic E-state index is 0.156. The molecule has 5 nitrogen and oxygen atoms in total. The molecule has 0 radical (unpaired) electrons. The number of aromatic hydroxyl groups is 3. The van der Waals surface area contributed by atoms with Gasteiger partial charge in [0, 0.05) is 17.0 Å². The minimum Gasteiger partial charge on any atom is -0.508 e. The molecule has 4 N–H and O–H groups in total. The third-order valence-corrected chi connectivity index (χ3v) is 3.92. The molecule has 1 aliphatic heterocycles. The number of hydrogen-bond acceptors (Lipinski definition) is 5. The topological polar surface area (TPSA) is 90.2 Å². The van der Waals surface area contributed by atoms with E-state index in [2.05, 4.69) is 0 Å². The average Bonchev–Trinajstić information content (AvgIpc) is 2.47. The summed E-state index contributed by atoms with van der Waals surface area (Å²) in [5.74, 6) is -0.248. The minimum atomic E-state index is -0.858. The lowest BCUT2D eigenvalue weighted by molar-refractivity contribution is 0.0877. The highest BCUT2D eigenvalue weighted by molar-refractivity contribution is 5.58. The second-order valence-corrected chi connectivity index (χ2v) is 5.24. The van der Waals surface area contributed by atoms with Gasteiger partial charge >= 0.3 is 0 Å². The molecule has 21 heavy (non-hydrogen) atoms. The molecular formula is C16H16O5. The highest BCUT2D eigenvalue weighted by atomic mass is 16.5. The van der Waals surface area contributed by atoms with E-state index >= 15 is 0 Å². The summed E-state index contributed by atoms with van der Waals surface area (Å²) in [6.07, 6.45) is -0.858. The second-order valence-electron chi connectivity index (χ2n) is 5.24. The van der Waals surface area contributed by atoms with Crippen molar-refractivity contribution in [3.8, 4) is 23.0 Å². The Morgan fingerprint density at radius 3 is 2.43 bits per heavy atom. The largest absolute Gasteiger partial charge is 0.508 e. The summed E-state index contributed by atoms with van der Waals surface area (Å²) in [7, 11) is 0. The van der Waals surface area contributed by atoms with Gasteiger partial charge in [-0.15, -0.1) is 0 Å². The van der Waals surface area contributed by atoms with Gasteiger partial charge in [-0.05, 0) is 30.7 Å². The number of phenols is 3. The van der Waals surface area contributed by atoms with Gasteiger partial charge in [-0.1, -0.05) is 12.1 Å². The number of benzene rings is 2. The third-order valence-electron chi connectivity index (χ3n) is 3.92. The van der Waals surface area contributed by atoms with Crippen molar-refractivity contribution in [2.45, 2.75) is 18.9 Å². The molecule has 0 aliphatic carbocycles. The van der Waals surface area contributed by atoms with Gasteiger partial charge in [0.15, 0.2) is 11.5 Å². The average molecular weight is 288 g/mol. The van der Waals surface area contributed by atoms with Crippen LogP contribution < -0.4 is 4.74 Å². The highest BCUT2D eigenvalue weighted by Crippen LogP contribution is 2.47. The fraction of sp³-hybridized carbons (Fsp3) is 0.250. The van der Waals surface area contributed by atoms with Crippen LogP contribution in [0, 0.1) is 6.92 Å². The van der Waals surface area contributed by atoms with E-state index in [1.807, 2.05) is 0 Å². The molecule has 2 atom stereocenters. The van der Waals surface area contributed by atoms with Gasteiger partial charge in [0.25, 0.3) is 0 Å². The first-order chi connectivity index (χ1) is 9.99. The zero-order valence-corrected chi connectivity index (χ0v) is 11.4.